The molecule has 13 heavy (non-hydrogen) atoms. The second-order valence-electron chi connectivity index (χ2n) is 5.14. The van der Waals surface area contributed by atoms with Crippen LogP contribution in [0.5, 0.6) is 0 Å². The van der Waals surface area contributed by atoms with Gasteiger partial charge in [-0.05, 0) is 39.0 Å². The number of rotatable bonds is 1. The molecule has 2 saturated carbocycles. The van der Waals surface area contributed by atoms with Crippen LogP contribution in [0.2, 0.25) is 0 Å². The van der Waals surface area contributed by atoms with Crippen LogP contribution in [0.3, 0.4) is 0 Å². The Balaban J connectivity index is 2.02. The van der Waals surface area contributed by atoms with Crippen LogP contribution in [0.15, 0.2) is 0 Å². The molecule has 4 aliphatic rings. The van der Waals surface area contributed by atoms with Crippen LogP contribution in [-0.4, -0.2) is 22.3 Å². The molecule has 0 aromatic rings. The highest BCUT2D eigenvalue weighted by molar-refractivity contribution is 5.80. The Labute approximate surface area is 77.1 Å². The van der Waals surface area contributed by atoms with Crippen LogP contribution < -0.4 is 0 Å². The van der Waals surface area contributed by atoms with Gasteiger partial charge >= 0.3 is 5.97 Å². The van der Waals surface area contributed by atoms with Gasteiger partial charge in [-0.2, -0.15) is 0 Å². The van der Waals surface area contributed by atoms with Crippen molar-refractivity contribution in [3.05, 3.63) is 0 Å². The minimum atomic E-state index is -0.637. The third-order valence-electron chi connectivity index (χ3n) is 4.24. The third-order valence-corrected chi connectivity index (χ3v) is 4.24. The minimum Gasteiger partial charge on any atom is -0.481 e. The fourth-order valence-electron chi connectivity index (χ4n) is 3.61. The molecule has 72 valence electrons. The van der Waals surface area contributed by atoms with Crippen molar-refractivity contribution >= 4 is 5.97 Å². The molecule has 0 amide bonds. The van der Waals surface area contributed by atoms with Crippen molar-refractivity contribution in [2.24, 2.45) is 5.41 Å². The predicted molar refractivity (Wildman–Crippen MR) is 45.4 cm³/mol. The maximum atomic E-state index is 11.2. The smallest absolute Gasteiger partial charge is 0.312 e. The number of carbonyl (C=O) groups is 1. The van der Waals surface area contributed by atoms with Crippen molar-refractivity contribution in [3.63, 3.8) is 0 Å². The lowest BCUT2D eigenvalue weighted by molar-refractivity contribution is -0.163. The van der Waals surface area contributed by atoms with Crippen LogP contribution in [0.25, 0.3) is 0 Å². The van der Waals surface area contributed by atoms with E-state index in [2.05, 4.69) is 0 Å². The van der Waals surface area contributed by atoms with Gasteiger partial charge in [0.05, 0.1) is 11.2 Å². The van der Waals surface area contributed by atoms with E-state index in [4.69, 9.17) is 4.74 Å². The Morgan fingerprint density at radius 1 is 1.38 bits per heavy atom. The zero-order valence-corrected chi connectivity index (χ0v) is 7.80. The Bertz CT molecular complexity index is 285. The molecular formula is C10H14O3. The summed E-state index contributed by atoms with van der Waals surface area (Å²) in [6, 6.07) is 0. The molecule has 4 rings (SSSR count). The fourth-order valence-corrected chi connectivity index (χ4v) is 3.61. The highest BCUT2D eigenvalue weighted by Crippen LogP contribution is 2.71. The van der Waals surface area contributed by atoms with Crippen LogP contribution in [-0.2, 0) is 9.53 Å². The van der Waals surface area contributed by atoms with E-state index in [9.17, 15) is 9.90 Å². The van der Waals surface area contributed by atoms with Gasteiger partial charge in [-0.1, -0.05) is 0 Å². The van der Waals surface area contributed by atoms with Gasteiger partial charge in [-0.15, -0.1) is 0 Å². The van der Waals surface area contributed by atoms with Crippen LogP contribution >= 0.6 is 0 Å². The molecule has 0 aromatic carbocycles. The number of hydrogen-bond donors (Lipinski definition) is 1. The van der Waals surface area contributed by atoms with Gasteiger partial charge in [0.2, 0.25) is 0 Å². The Hall–Kier alpha value is -0.570. The maximum Gasteiger partial charge on any atom is 0.312 e. The Kier molecular flexibility index (Phi) is 1.07. The average molecular weight is 182 g/mol. The molecule has 2 saturated heterocycles. The zero-order valence-electron chi connectivity index (χ0n) is 7.80. The van der Waals surface area contributed by atoms with Gasteiger partial charge in [0.1, 0.15) is 5.41 Å². The van der Waals surface area contributed by atoms with Crippen LogP contribution in [0, 0.1) is 5.41 Å². The molecule has 0 unspecified atom stereocenters. The van der Waals surface area contributed by atoms with Crippen molar-refractivity contribution in [1.29, 1.82) is 0 Å². The van der Waals surface area contributed by atoms with Gasteiger partial charge in [0.15, 0.2) is 0 Å². The van der Waals surface area contributed by atoms with Gasteiger partial charge in [-0.3, -0.25) is 4.79 Å². The quantitative estimate of drug-likeness (QED) is 0.669. The number of ether oxygens (including phenoxy) is 1. The molecular weight excluding hydrogens is 168 g/mol. The van der Waals surface area contributed by atoms with E-state index in [1.165, 1.54) is 0 Å². The zero-order chi connectivity index (χ0) is 9.32. The lowest BCUT2D eigenvalue weighted by Gasteiger charge is -2.47. The molecule has 1 spiro atoms. The number of hydrogen-bond acceptors (Lipinski definition) is 2. The van der Waals surface area contributed by atoms with E-state index < -0.39 is 11.4 Å². The van der Waals surface area contributed by atoms with E-state index >= 15 is 0 Å². The van der Waals surface area contributed by atoms with Crippen LogP contribution in [0.1, 0.15) is 39.0 Å². The van der Waals surface area contributed by atoms with Gasteiger partial charge in [0, 0.05) is 0 Å². The first-order valence-electron chi connectivity index (χ1n) is 4.96. The molecule has 0 radical (unpaired) electrons. The molecule has 2 aliphatic carbocycles. The molecule has 0 aromatic heterocycles. The summed E-state index contributed by atoms with van der Waals surface area (Å²) in [4.78, 5) is 11.2. The first-order valence-corrected chi connectivity index (χ1v) is 4.96. The van der Waals surface area contributed by atoms with Gasteiger partial charge < -0.3 is 9.84 Å². The first kappa shape index (κ1) is 7.80. The minimum absolute atomic E-state index is 0.112. The molecule has 0 atom stereocenters. The largest absolute Gasteiger partial charge is 0.481 e. The number of carboxylic acid groups (broad SMARTS) is 1. The lowest BCUT2D eigenvalue weighted by atomic mass is 9.51. The van der Waals surface area contributed by atoms with E-state index in [0.29, 0.717) is 0 Å². The number of aliphatic carboxylic acids is 1. The molecule has 2 heterocycles. The molecule has 1 N–H and O–H groups in total. The highest BCUT2D eigenvalue weighted by Gasteiger charge is 2.78. The molecule has 3 nitrogen and oxygen atoms in total. The Morgan fingerprint density at radius 2 is 2.00 bits per heavy atom. The first-order chi connectivity index (χ1) is 6.02. The normalized spacial score (nSPS) is 49.9. The maximum absolute atomic E-state index is 11.2. The molecule has 4 fully saturated rings. The topological polar surface area (TPSA) is 46.5 Å². The van der Waals surface area contributed by atoms with Crippen molar-refractivity contribution in [2.75, 3.05) is 0 Å². The van der Waals surface area contributed by atoms with Crippen LogP contribution in [0.4, 0.5) is 0 Å². The van der Waals surface area contributed by atoms with Crippen molar-refractivity contribution in [1.82, 2.24) is 0 Å². The molecule has 3 heteroatoms. The van der Waals surface area contributed by atoms with Crippen molar-refractivity contribution in [2.45, 2.75) is 50.2 Å². The van der Waals surface area contributed by atoms with Crippen molar-refractivity contribution in [3.8, 4) is 0 Å². The van der Waals surface area contributed by atoms with E-state index in [-0.39, 0.29) is 11.2 Å². The van der Waals surface area contributed by atoms with E-state index in [0.717, 1.165) is 32.1 Å². The summed E-state index contributed by atoms with van der Waals surface area (Å²) < 4.78 is 5.93. The Morgan fingerprint density at radius 3 is 2.31 bits per heavy atom. The fraction of sp³-hybridized carbons (Fsp3) is 0.900. The summed E-state index contributed by atoms with van der Waals surface area (Å²) in [5, 5.41) is 9.25. The second kappa shape index (κ2) is 1.78. The van der Waals surface area contributed by atoms with Gasteiger partial charge in [0.25, 0.3) is 0 Å². The van der Waals surface area contributed by atoms with E-state index in [1.54, 1.807) is 0 Å². The summed E-state index contributed by atoms with van der Waals surface area (Å²) in [6.07, 6.45) is 4.50. The third kappa shape index (κ3) is 0.622. The number of carboxylic acids is 1. The van der Waals surface area contributed by atoms with Gasteiger partial charge in [-0.25, -0.2) is 0 Å². The summed E-state index contributed by atoms with van der Waals surface area (Å²) >= 11 is 0. The standard InChI is InChI=1S/C10H14O3/c1-8-5-9(6-8,7(11)12)10(13-8)3-2-4-10/h2-6H2,1H3,(H,11,12). The summed E-state index contributed by atoms with van der Waals surface area (Å²) in [5.74, 6) is -0.637. The highest BCUT2D eigenvalue weighted by atomic mass is 16.5. The lowest BCUT2D eigenvalue weighted by Crippen LogP contribution is -2.56. The summed E-state index contributed by atoms with van der Waals surface area (Å²) in [6.45, 7) is 2.04. The molecule has 2 aliphatic heterocycles. The second-order valence-corrected chi connectivity index (χ2v) is 5.14. The predicted octanol–water partition coefficient (Wildman–Crippen LogP) is 1.56. The van der Waals surface area contributed by atoms with Crippen molar-refractivity contribution < 1.29 is 14.6 Å². The monoisotopic (exact) mass is 182 g/mol. The molecule has 2 bridgehead atoms. The SMILES string of the molecule is CC12CC(C(=O)O)(C1)C1(CCC1)O2. The summed E-state index contributed by atoms with van der Waals surface area (Å²) in [7, 11) is 0. The summed E-state index contributed by atoms with van der Waals surface area (Å²) in [5.41, 5.74) is -0.896. The average Bonchev–Trinajstić information content (AvgIpc) is 2.31. The van der Waals surface area contributed by atoms with E-state index in [1.807, 2.05) is 6.92 Å².